The van der Waals surface area contributed by atoms with Gasteiger partial charge in [-0.3, -0.25) is 4.79 Å². The zero-order chi connectivity index (χ0) is 20.8. The maximum absolute atomic E-state index is 12.1. The van der Waals surface area contributed by atoms with E-state index in [2.05, 4.69) is 65.0 Å². The lowest BCUT2D eigenvalue weighted by Gasteiger charge is -2.11. The molecule has 0 heterocycles. The second-order valence-electron chi connectivity index (χ2n) is 5.94. The van der Waals surface area contributed by atoms with Crippen molar-refractivity contribution in [3.05, 3.63) is 94.9 Å². The summed E-state index contributed by atoms with van der Waals surface area (Å²) in [6, 6.07) is 18.5. The van der Waals surface area contributed by atoms with Crippen molar-refractivity contribution >= 4 is 78.2 Å². The van der Waals surface area contributed by atoms with Crippen LogP contribution < -0.4 is 10.2 Å². The van der Waals surface area contributed by atoms with Gasteiger partial charge in [0.1, 0.15) is 12.4 Å². The normalized spacial score (nSPS) is 10.9. The van der Waals surface area contributed by atoms with Crippen LogP contribution in [-0.4, -0.2) is 12.1 Å². The first-order valence-electron chi connectivity index (χ1n) is 8.37. The summed E-state index contributed by atoms with van der Waals surface area (Å²) in [6.07, 6.45) is 1.57. The molecule has 3 aromatic rings. The van der Waals surface area contributed by atoms with Gasteiger partial charge in [-0.15, -0.1) is 0 Å². The van der Waals surface area contributed by atoms with E-state index in [1.54, 1.807) is 18.3 Å². The fourth-order valence-electron chi connectivity index (χ4n) is 2.39. The maximum Gasteiger partial charge on any atom is 0.271 e. The number of hydrazone groups is 1. The number of ether oxygens (including phenoxy) is 1. The smallest absolute Gasteiger partial charge is 0.271 e. The van der Waals surface area contributed by atoms with Gasteiger partial charge >= 0.3 is 0 Å². The number of hydrogen-bond acceptors (Lipinski definition) is 3. The van der Waals surface area contributed by atoms with Gasteiger partial charge in [-0.25, -0.2) is 5.43 Å². The lowest BCUT2D eigenvalue weighted by atomic mass is 10.2. The topological polar surface area (TPSA) is 50.7 Å². The van der Waals surface area contributed by atoms with Gasteiger partial charge < -0.3 is 4.74 Å². The Morgan fingerprint density at radius 3 is 2.45 bits per heavy atom. The Balaban J connectivity index is 1.64. The highest BCUT2D eigenvalue weighted by atomic mass is 127. The van der Waals surface area contributed by atoms with E-state index in [4.69, 9.17) is 16.3 Å². The van der Waals surface area contributed by atoms with Gasteiger partial charge in [0.05, 0.1) is 15.2 Å². The first kappa shape index (κ1) is 22.3. The van der Waals surface area contributed by atoms with E-state index >= 15 is 0 Å². The fraction of sp³-hybridized carbons (Fsp3) is 0.0476. The summed E-state index contributed by atoms with van der Waals surface area (Å²) < 4.78 is 8.44. The van der Waals surface area contributed by atoms with Crippen LogP contribution in [0.15, 0.2) is 74.7 Å². The average molecular weight is 649 g/mol. The maximum atomic E-state index is 12.1. The molecule has 0 radical (unpaired) electrons. The van der Waals surface area contributed by atoms with Crippen LogP contribution in [0.2, 0.25) is 5.02 Å². The Hall–Kier alpha value is -1.42. The van der Waals surface area contributed by atoms with Crippen LogP contribution in [0.4, 0.5) is 0 Å². The predicted octanol–water partition coefficient (Wildman–Crippen LogP) is 6.81. The van der Waals surface area contributed by atoms with Gasteiger partial charge in [-0.2, -0.15) is 5.10 Å². The lowest BCUT2D eigenvalue weighted by molar-refractivity contribution is 0.0955. The highest BCUT2D eigenvalue weighted by Gasteiger charge is 2.09. The molecule has 0 aliphatic heterocycles. The number of carbonyl (C=O) groups excluding carboxylic acids is 1. The largest absolute Gasteiger partial charge is 0.487 e. The third-order valence-corrected chi connectivity index (χ3v) is 5.88. The highest BCUT2D eigenvalue weighted by Crippen LogP contribution is 2.35. The van der Waals surface area contributed by atoms with E-state index in [-0.39, 0.29) is 5.91 Å². The Kier molecular flexibility index (Phi) is 8.11. The second kappa shape index (κ2) is 10.6. The number of carbonyl (C=O) groups is 1. The molecule has 3 rings (SSSR count). The molecule has 8 heteroatoms. The highest BCUT2D eigenvalue weighted by molar-refractivity contribution is 14.1. The van der Waals surface area contributed by atoms with E-state index < -0.39 is 0 Å². The quantitative estimate of drug-likeness (QED) is 0.182. The zero-order valence-corrected chi connectivity index (χ0v) is 20.9. The van der Waals surface area contributed by atoms with Gasteiger partial charge in [0.15, 0.2) is 0 Å². The summed E-state index contributed by atoms with van der Waals surface area (Å²) >= 11 is 15.1. The molecule has 3 aromatic carbocycles. The van der Waals surface area contributed by atoms with Crippen molar-refractivity contribution in [1.29, 1.82) is 0 Å². The molecule has 0 aromatic heterocycles. The fourth-order valence-corrected chi connectivity index (χ4v) is 4.51. The first-order valence-corrected chi connectivity index (χ1v) is 11.4. The molecule has 0 unspecified atom stereocenters. The number of benzene rings is 3. The van der Waals surface area contributed by atoms with Crippen molar-refractivity contribution in [3.8, 4) is 5.75 Å². The third-order valence-electron chi connectivity index (χ3n) is 3.78. The van der Waals surface area contributed by atoms with Crippen LogP contribution >= 0.6 is 66.1 Å². The number of amides is 1. The Morgan fingerprint density at radius 2 is 1.79 bits per heavy atom. The molecule has 0 spiro atoms. The van der Waals surface area contributed by atoms with Crippen molar-refractivity contribution in [2.45, 2.75) is 6.61 Å². The van der Waals surface area contributed by atoms with Crippen LogP contribution in [0.1, 0.15) is 21.5 Å². The lowest BCUT2D eigenvalue weighted by Crippen LogP contribution is -2.17. The molecule has 1 N–H and O–H groups in total. The minimum Gasteiger partial charge on any atom is -0.487 e. The number of nitrogens with one attached hydrogen (secondary N) is 1. The summed E-state index contributed by atoms with van der Waals surface area (Å²) in [5, 5.41) is 4.73. The van der Waals surface area contributed by atoms with Gasteiger partial charge in [-0.1, -0.05) is 29.8 Å². The van der Waals surface area contributed by atoms with Crippen LogP contribution in [-0.2, 0) is 6.61 Å². The molecular weight excluding hydrogens is 634 g/mol. The monoisotopic (exact) mass is 646 g/mol. The van der Waals surface area contributed by atoms with Crippen molar-refractivity contribution in [2.24, 2.45) is 5.10 Å². The molecule has 1 amide bonds. The molecule has 0 fully saturated rings. The van der Waals surface area contributed by atoms with Gasteiger partial charge in [0.2, 0.25) is 0 Å². The summed E-state index contributed by atoms with van der Waals surface area (Å²) in [4.78, 5) is 12.1. The molecule has 0 aliphatic carbocycles. The Morgan fingerprint density at radius 1 is 1.10 bits per heavy atom. The minimum absolute atomic E-state index is 0.263. The van der Waals surface area contributed by atoms with Crippen molar-refractivity contribution in [1.82, 2.24) is 5.43 Å². The van der Waals surface area contributed by atoms with Gasteiger partial charge in [0.25, 0.3) is 5.91 Å². The summed E-state index contributed by atoms with van der Waals surface area (Å²) in [7, 11) is 0. The van der Waals surface area contributed by atoms with Crippen molar-refractivity contribution in [3.63, 3.8) is 0 Å². The van der Waals surface area contributed by atoms with E-state index in [0.29, 0.717) is 22.9 Å². The third kappa shape index (κ3) is 6.53. The molecule has 0 saturated carbocycles. The molecule has 0 aliphatic rings. The molecule has 0 saturated heterocycles. The van der Waals surface area contributed by atoms with E-state index in [9.17, 15) is 4.79 Å². The van der Waals surface area contributed by atoms with E-state index in [0.717, 1.165) is 23.6 Å². The van der Waals surface area contributed by atoms with Gasteiger partial charge in [0, 0.05) is 14.2 Å². The number of halogens is 4. The average Bonchev–Trinajstić information content (AvgIpc) is 2.68. The first-order chi connectivity index (χ1) is 13.9. The number of hydrogen-bond donors (Lipinski definition) is 1. The number of rotatable bonds is 6. The molecule has 4 nitrogen and oxygen atoms in total. The SMILES string of the molecule is O=C(N/N=C\c1cc(Br)c(OCc2ccc(Cl)cc2)c(Br)c1)c1cccc(I)c1. The molecule has 148 valence electrons. The Bertz CT molecular complexity index is 1040. The van der Waals surface area contributed by atoms with Crippen LogP contribution in [0, 0.1) is 3.57 Å². The molecule has 0 atom stereocenters. The van der Waals surface area contributed by atoms with Gasteiger partial charge in [-0.05, 0) is 108 Å². The zero-order valence-electron chi connectivity index (χ0n) is 14.8. The van der Waals surface area contributed by atoms with Crippen molar-refractivity contribution < 1.29 is 9.53 Å². The van der Waals surface area contributed by atoms with Crippen molar-refractivity contribution in [2.75, 3.05) is 0 Å². The molecule has 29 heavy (non-hydrogen) atoms. The summed E-state index contributed by atoms with van der Waals surface area (Å²) in [5.41, 5.74) is 4.90. The predicted molar refractivity (Wildman–Crippen MR) is 132 cm³/mol. The summed E-state index contributed by atoms with van der Waals surface area (Å²) in [5.74, 6) is 0.417. The Labute approximate surface area is 204 Å². The van der Waals surface area contributed by atoms with E-state index in [1.165, 1.54) is 0 Å². The van der Waals surface area contributed by atoms with Crippen LogP contribution in [0.3, 0.4) is 0 Å². The minimum atomic E-state index is -0.263. The molecule has 0 bridgehead atoms. The molecular formula is C21H14Br2ClIN2O2. The second-order valence-corrected chi connectivity index (χ2v) is 9.33. The van der Waals surface area contributed by atoms with Crippen LogP contribution in [0.25, 0.3) is 0 Å². The van der Waals surface area contributed by atoms with Crippen LogP contribution in [0.5, 0.6) is 5.75 Å². The summed E-state index contributed by atoms with van der Waals surface area (Å²) in [6.45, 7) is 0.410. The number of nitrogens with zero attached hydrogens (tertiary/aromatic N) is 1. The van der Waals surface area contributed by atoms with E-state index in [1.807, 2.05) is 48.5 Å². The standard InChI is InChI=1S/C21H14Br2ClIN2O2/c22-18-8-14(11-26-27-21(28)15-2-1-3-17(25)10-15)9-19(23)20(18)29-12-13-4-6-16(24)7-5-13/h1-11H,12H2,(H,27,28)/b26-11-.